The minimum Gasteiger partial charge on any atom is -0.492 e. The summed E-state index contributed by atoms with van der Waals surface area (Å²) in [6, 6.07) is 15.5. The number of fused-ring (bicyclic) bond motifs is 1. The maximum absolute atomic E-state index is 13.3. The van der Waals surface area contributed by atoms with Crippen molar-refractivity contribution in [2.45, 2.75) is 46.1 Å². The molecular weight excluding hydrogens is 428 g/mol. The van der Waals surface area contributed by atoms with E-state index in [1.807, 2.05) is 53.1 Å². The van der Waals surface area contributed by atoms with Crippen LogP contribution in [0.15, 0.2) is 54.7 Å². The number of pyridine rings is 1. The van der Waals surface area contributed by atoms with Crippen LogP contribution in [-0.2, 0) is 0 Å². The van der Waals surface area contributed by atoms with Gasteiger partial charge >= 0.3 is 0 Å². The van der Waals surface area contributed by atoms with E-state index in [1.54, 1.807) is 0 Å². The molecule has 0 unspecified atom stereocenters. The number of hydrogen-bond donors (Lipinski definition) is 1. The first kappa shape index (κ1) is 23.2. The molecule has 0 bridgehead atoms. The van der Waals surface area contributed by atoms with Crippen LogP contribution >= 0.6 is 17.0 Å². The molecule has 1 N–H and O–H groups in total. The van der Waals surface area contributed by atoms with Gasteiger partial charge in [-0.15, -0.1) is 17.0 Å². The first-order valence-corrected chi connectivity index (χ1v) is 9.89. The van der Waals surface area contributed by atoms with Gasteiger partial charge in [0.25, 0.3) is 0 Å². The quantitative estimate of drug-likeness (QED) is 0.367. The van der Waals surface area contributed by atoms with E-state index in [1.165, 1.54) is 0 Å². The average Bonchev–Trinajstić information content (AvgIpc) is 3.04. The summed E-state index contributed by atoms with van der Waals surface area (Å²) in [6.07, 6.45) is 1.95. The Kier molecular flexibility index (Phi) is 7.66. The lowest BCUT2D eigenvalue weighted by Gasteiger charge is -2.20. The molecule has 0 aliphatic carbocycles. The second-order valence-electron chi connectivity index (χ2n) is 8.48. The van der Waals surface area contributed by atoms with Gasteiger partial charge in [0.1, 0.15) is 12.4 Å². The molecule has 0 aliphatic heterocycles. The average molecular weight is 459 g/mol. The van der Waals surface area contributed by atoms with Crippen molar-refractivity contribution in [1.29, 1.82) is 0 Å². The molecule has 0 atom stereocenters. The number of nitrogens with zero attached hydrogens (tertiary/aromatic N) is 1. The van der Waals surface area contributed by atoms with E-state index in [0.717, 1.165) is 29.1 Å². The molecular formula is C24H31BrN2O2. The molecule has 2 aromatic heterocycles. The van der Waals surface area contributed by atoms with Crippen molar-refractivity contribution in [3.05, 3.63) is 71.5 Å². The fraction of sp³-hybridized carbons (Fsp3) is 0.375. The van der Waals surface area contributed by atoms with Gasteiger partial charge < -0.3 is 14.5 Å². The largest absolute Gasteiger partial charge is 0.492 e. The molecule has 4 nitrogen and oxygen atoms in total. The summed E-state index contributed by atoms with van der Waals surface area (Å²) in [7, 11) is 0. The molecule has 0 saturated carbocycles. The zero-order valence-electron chi connectivity index (χ0n) is 17.9. The topological polar surface area (TPSA) is 42.7 Å². The second kappa shape index (κ2) is 9.59. The number of benzene rings is 1. The molecule has 0 radical (unpaired) electrons. The highest BCUT2D eigenvalue weighted by Crippen LogP contribution is 2.27. The van der Waals surface area contributed by atoms with Gasteiger partial charge in [0.05, 0.1) is 5.69 Å². The smallest absolute Gasteiger partial charge is 0.210 e. The van der Waals surface area contributed by atoms with Crippen molar-refractivity contribution in [2.24, 2.45) is 0 Å². The fourth-order valence-electron chi connectivity index (χ4n) is 3.26. The second-order valence-corrected chi connectivity index (χ2v) is 8.48. The summed E-state index contributed by atoms with van der Waals surface area (Å²) in [5.41, 5.74) is 3.61. The Labute approximate surface area is 184 Å². The molecule has 1 aromatic carbocycles. The van der Waals surface area contributed by atoms with Crippen molar-refractivity contribution in [1.82, 2.24) is 9.72 Å². The summed E-state index contributed by atoms with van der Waals surface area (Å²) in [4.78, 5) is 13.3. The lowest BCUT2D eigenvalue weighted by atomic mass is 9.98. The van der Waals surface area contributed by atoms with E-state index in [2.05, 4.69) is 46.0 Å². The van der Waals surface area contributed by atoms with Crippen molar-refractivity contribution in [3.63, 3.8) is 0 Å². The Balaban J connectivity index is 0.00000300. The molecule has 0 saturated heterocycles. The lowest BCUT2D eigenvalue weighted by molar-refractivity contribution is 0.103. The highest BCUT2D eigenvalue weighted by atomic mass is 79.9. The predicted octanol–water partition coefficient (Wildman–Crippen LogP) is 5.64. The maximum Gasteiger partial charge on any atom is 0.210 e. The molecule has 2 heterocycles. The number of halogens is 1. The third-order valence-corrected chi connectivity index (χ3v) is 4.69. The van der Waals surface area contributed by atoms with Crippen LogP contribution in [0.25, 0.3) is 5.52 Å². The van der Waals surface area contributed by atoms with Crippen LogP contribution in [0.2, 0.25) is 0 Å². The normalized spacial score (nSPS) is 11.5. The van der Waals surface area contributed by atoms with E-state index in [-0.39, 0.29) is 34.2 Å². The number of hydrogen-bond acceptors (Lipinski definition) is 3. The Morgan fingerprint density at radius 1 is 1.10 bits per heavy atom. The minimum atomic E-state index is 0. The fourth-order valence-corrected chi connectivity index (χ4v) is 3.26. The summed E-state index contributed by atoms with van der Waals surface area (Å²) in [5, 5.41) is 3.39. The molecule has 5 heteroatoms. The molecule has 0 spiro atoms. The summed E-state index contributed by atoms with van der Waals surface area (Å²) < 4.78 is 7.77. The Hall–Kier alpha value is -2.11. The highest BCUT2D eigenvalue weighted by Gasteiger charge is 2.20. The SMILES string of the molecule is Br.CC(C)c1cc2ccccn2c1C(=O)c1ccc(OCCNC(C)(C)C)cc1. The number of ketones is 1. The molecule has 3 aromatic rings. The Morgan fingerprint density at radius 2 is 1.79 bits per heavy atom. The number of carbonyl (C=O) groups excluding carboxylic acids is 1. The number of nitrogens with one attached hydrogen (secondary N) is 1. The van der Waals surface area contributed by atoms with E-state index in [9.17, 15) is 4.79 Å². The Morgan fingerprint density at radius 3 is 2.41 bits per heavy atom. The van der Waals surface area contributed by atoms with Gasteiger partial charge in [0.15, 0.2) is 0 Å². The molecule has 156 valence electrons. The first-order chi connectivity index (χ1) is 13.3. The van der Waals surface area contributed by atoms with Crippen molar-refractivity contribution < 1.29 is 9.53 Å². The van der Waals surface area contributed by atoms with E-state index in [0.29, 0.717) is 12.2 Å². The van der Waals surface area contributed by atoms with E-state index in [4.69, 9.17) is 4.74 Å². The van der Waals surface area contributed by atoms with Crippen LogP contribution < -0.4 is 10.1 Å². The minimum absolute atomic E-state index is 0. The van der Waals surface area contributed by atoms with Crippen LogP contribution in [0.5, 0.6) is 5.75 Å². The van der Waals surface area contributed by atoms with E-state index >= 15 is 0 Å². The van der Waals surface area contributed by atoms with Gasteiger partial charge in [-0.25, -0.2) is 0 Å². The predicted molar refractivity (Wildman–Crippen MR) is 125 cm³/mol. The third kappa shape index (κ3) is 5.71. The number of rotatable bonds is 7. The first-order valence-electron chi connectivity index (χ1n) is 9.89. The number of aromatic nitrogens is 1. The van der Waals surface area contributed by atoms with Crippen LogP contribution in [0, 0.1) is 0 Å². The monoisotopic (exact) mass is 458 g/mol. The summed E-state index contributed by atoms with van der Waals surface area (Å²) in [6.45, 7) is 12.0. The number of carbonyl (C=O) groups is 1. The molecule has 0 fully saturated rings. The zero-order valence-corrected chi connectivity index (χ0v) is 19.6. The zero-order chi connectivity index (χ0) is 20.3. The van der Waals surface area contributed by atoms with Crippen LogP contribution in [-0.4, -0.2) is 28.9 Å². The molecule has 3 rings (SSSR count). The molecule has 0 amide bonds. The van der Waals surface area contributed by atoms with Crippen LogP contribution in [0.4, 0.5) is 0 Å². The van der Waals surface area contributed by atoms with Gasteiger partial charge in [-0.3, -0.25) is 4.79 Å². The van der Waals surface area contributed by atoms with Crippen LogP contribution in [0.3, 0.4) is 0 Å². The van der Waals surface area contributed by atoms with Crippen molar-refractivity contribution >= 4 is 28.3 Å². The van der Waals surface area contributed by atoms with E-state index < -0.39 is 0 Å². The van der Waals surface area contributed by atoms with Crippen LogP contribution in [0.1, 0.15) is 62.2 Å². The van der Waals surface area contributed by atoms with Crippen molar-refractivity contribution in [2.75, 3.05) is 13.2 Å². The highest BCUT2D eigenvalue weighted by molar-refractivity contribution is 8.93. The van der Waals surface area contributed by atoms with Gasteiger partial charge in [-0.2, -0.15) is 0 Å². The van der Waals surface area contributed by atoms with Gasteiger partial charge in [0, 0.05) is 29.4 Å². The van der Waals surface area contributed by atoms with Gasteiger partial charge in [0.2, 0.25) is 5.78 Å². The standard InChI is InChI=1S/C24H30N2O2.BrH/c1-17(2)21-16-19-8-6-7-14-26(19)22(21)23(27)18-9-11-20(12-10-18)28-15-13-25-24(3,4)5;/h6-12,14,16-17,25H,13,15H2,1-5H3;1H. The maximum atomic E-state index is 13.3. The van der Waals surface area contributed by atoms with Gasteiger partial charge in [-0.1, -0.05) is 19.9 Å². The Bertz CT molecular complexity index is 953. The molecule has 0 aliphatic rings. The van der Waals surface area contributed by atoms with Gasteiger partial charge in [-0.05, 0) is 74.7 Å². The molecule has 29 heavy (non-hydrogen) atoms. The van der Waals surface area contributed by atoms with Crippen molar-refractivity contribution in [3.8, 4) is 5.75 Å². The summed E-state index contributed by atoms with van der Waals surface area (Å²) in [5.74, 6) is 1.09. The third-order valence-electron chi connectivity index (χ3n) is 4.69. The summed E-state index contributed by atoms with van der Waals surface area (Å²) >= 11 is 0. The lowest BCUT2D eigenvalue weighted by Crippen LogP contribution is -2.38. The number of ether oxygens (including phenoxy) is 1.